The van der Waals surface area contributed by atoms with E-state index in [1.807, 2.05) is 27.7 Å². The van der Waals surface area contributed by atoms with E-state index in [9.17, 15) is 5.11 Å². The average molecular weight is 208 g/mol. The lowest BCUT2D eigenvalue weighted by Crippen LogP contribution is -2.23. The fourth-order valence-corrected chi connectivity index (χ4v) is 1.03. The zero-order chi connectivity index (χ0) is 8.36. The van der Waals surface area contributed by atoms with Crippen LogP contribution in [0.4, 0.5) is 0 Å². The molecule has 0 saturated heterocycles. The van der Waals surface area contributed by atoms with Crippen LogP contribution < -0.4 is 0 Å². The van der Waals surface area contributed by atoms with E-state index in [0.717, 1.165) is 0 Å². The van der Waals surface area contributed by atoms with E-state index in [4.69, 9.17) is 0 Å². The van der Waals surface area contributed by atoms with Gasteiger partial charge in [-0.1, -0.05) is 29.8 Å². The molecule has 61 valence electrons. The fraction of sp³-hybridized carbons (Fsp3) is 1.00. The van der Waals surface area contributed by atoms with Crippen LogP contribution in [-0.4, -0.2) is 10.4 Å². The standard InChI is InChI=1S/C8H16BrO/c1-6(2)7(10)5-8(3,4)9/h6-7H,5H2,1-4H3. The largest absolute Gasteiger partial charge is 0.233 e. The Morgan fingerprint density at radius 1 is 1.40 bits per heavy atom. The van der Waals surface area contributed by atoms with Gasteiger partial charge in [0.2, 0.25) is 0 Å². The van der Waals surface area contributed by atoms with Crippen molar-refractivity contribution in [2.24, 2.45) is 5.92 Å². The molecule has 0 saturated carbocycles. The Kier molecular flexibility index (Phi) is 3.89. The Labute approximate surface area is 72.0 Å². The minimum Gasteiger partial charge on any atom is -0.233 e. The second-order valence-corrected chi connectivity index (χ2v) is 5.85. The van der Waals surface area contributed by atoms with Gasteiger partial charge in [0.15, 0.2) is 0 Å². The van der Waals surface area contributed by atoms with E-state index >= 15 is 0 Å². The van der Waals surface area contributed by atoms with Crippen molar-refractivity contribution in [3.63, 3.8) is 0 Å². The summed E-state index contributed by atoms with van der Waals surface area (Å²) < 4.78 is 0.00366. The van der Waals surface area contributed by atoms with Gasteiger partial charge in [0, 0.05) is 4.32 Å². The molecule has 1 atom stereocenters. The van der Waals surface area contributed by atoms with Crippen molar-refractivity contribution in [3.8, 4) is 0 Å². The maximum absolute atomic E-state index is 11.2. The average Bonchev–Trinajstić information content (AvgIpc) is 1.60. The lowest BCUT2D eigenvalue weighted by atomic mass is 9.97. The zero-order valence-corrected chi connectivity index (χ0v) is 8.73. The number of hydrogen-bond donors (Lipinski definition) is 0. The van der Waals surface area contributed by atoms with Crippen molar-refractivity contribution in [2.75, 3.05) is 0 Å². The summed E-state index contributed by atoms with van der Waals surface area (Å²) >= 11 is 3.45. The van der Waals surface area contributed by atoms with Crippen LogP contribution in [0.5, 0.6) is 0 Å². The lowest BCUT2D eigenvalue weighted by molar-refractivity contribution is 0.0372. The van der Waals surface area contributed by atoms with E-state index in [1.165, 1.54) is 0 Å². The first kappa shape index (κ1) is 10.4. The number of alkyl halides is 1. The molecule has 1 nitrogen and oxygen atoms in total. The summed E-state index contributed by atoms with van der Waals surface area (Å²) in [6, 6.07) is 0. The molecule has 0 amide bonds. The van der Waals surface area contributed by atoms with Crippen molar-refractivity contribution in [3.05, 3.63) is 0 Å². The van der Waals surface area contributed by atoms with Gasteiger partial charge in [0.25, 0.3) is 0 Å². The fourth-order valence-electron chi connectivity index (χ4n) is 0.714. The highest BCUT2D eigenvalue weighted by Gasteiger charge is 2.21. The summed E-state index contributed by atoms with van der Waals surface area (Å²) in [5.41, 5.74) is 0. The summed E-state index contributed by atoms with van der Waals surface area (Å²) in [7, 11) is 0. The van der Waals surface area contributed by atoms with Gasteiger partial charge in [-0.3, -0.25) is 0 Å². The molecule has 0 N–H and O–H groups in total. The van der Waals surface area contributed by atoms with Gasteiger partial charge in [-0.05, 0) is 26.2 Å². The van der Waals surface area contributed by atoms with Crippen LogP contribution in [0.2, 0.25) is 0 Å². The highest BCUT2D eigenvalue weighted by molar-refractivity contribution is 9.10. The molecule has 0 spiro atoms. The normalized spacial score (nSPS) is 15.9. The van der Waals surface area contributed by atoms with E-state index in [2.05, 4.69) is 15.9 Å². The summed E-state index contributed by atoms with van der Waals surface area (Å²) in [5, 5.41) is 11.2. The molecule has 0 aliphatic rings. The van der Waals surface area contributed by atoms with Crippen LogP contribution in [0.1, 0.15) is 34.1 Å². The predicted octanol–water partition coefficient (Wildman–Crippen LogP) is 3.01. The number of rotatable bonds is 3. The van der Waals surface area contributed by atoms with Gasteiger partial charge in [-0.15, -0.1) is 0 Å². The number of hydrogen-bond acceptors (Lipinski definition) is 0. The summed E-state index contributed by atoms with van der Waals surface area (Å²) in [6.45, 7) is 7.99. The third-order valence-corrected chi connectivity index (χ3v) is 1.75. The van der Waals surface area contributed by atoms with Crippen LogP contribution in [-0.2, 0) is 5.11 Å². The zero-order valence-electron chi connectivity index (χ0n) is 7.15. The van der Waals surface area contributed by atoms with Gasteiger partial charge >= 0.3 is 0 Å². The predicted molar refractivity (Wildman–Crippen MR) is 46.9 cm³/mol. The van der Waals surface area contributed by atoms with Crippen LogP contribution in [0.3, 0.4) is 0 Å². The van der Waals surface area contributed by atoms with Crippen LogP contribution in [0.15, 0.2) is 0 Å². The first-order valence-electron chi connectivity index (χ1n) is 3.67. The smallest absolute Gasteiger partial charge is 0.0966 e. The molecule has 0 fully saturated rings. The molecular formula is C8H16BrO. The first-order valence-corrected chi connectivity index (χ1v) is 4.47. The van der Waals surface area contributed by atoms with Crippen molar-refractivity contribution in [1.82, 2.24) is 0 Å². The van der Waals surface area contributed by atoms with Gasteiger partial charge in [-0.25, -0.2) is 5.11 Å². The molecule has 1 radical (unpaired) electrons. The van der Waals surface area contributed by atoms with E-state index in [0.29, 0.717) is 6.42 Å². The quantitative estimate of drug-likeness (QED) is 0.635. The third-order valence-electron chi connectivity index (χ3n) is 1.43. The van der Waals surface area contributed by atoms with E-state index in [-0.39, 0.29) is 10.2 Å². The van der Waals surface area contributed by atoms with Gasteiger partial charge in [0.1, 0.15) is 0 Å². The molecule has 1 unspecified atom stereocenters. The van der Waals surface area contributed by atoms with Crippen LogP contribution in [0.25, 0.3) is 0 Å². The van der Waals surface area contributed by atoms with Crippen molar-refractivity contribution in [2.45, 2.75) is 44.5 Å². The van der Waals surface area contributed by atoms with Crippen molar-refractivity contribution < 1.29 is 5.11 Å². The van der Waals surface area contributed by atoms with Gasteiger partial charge in [0.05, 0.1) is 6.10 Å². The minimum absolute atomic E-state index is 0.00366. The molecule has 0 aromatic rings. The van der Waals surface area contributed by atoms with E-state index in [1.54, 1.807) is 0 Å². The molecule has 0 aliphatic heterocycles. The Balaban J connectivity index is 3.68. The second-order valence-electron chi connectivity index (χ2n) is 3.71. The monoisotopic (exact) mass is 207 g/mol. The molecule has 0 aliphatic carbocycles. The highest BCUT2D eigenvalue weighted by Crippen LogP contribution is 2.25. The number of halogens is 1. The molecule has 0 aromatic heterocycles. The van der Waals surface area contributed by atoms with Crippen molar-refractivity contribution in [1.29, 1.82) is 0 Å². The van der Waals surface area contributed by atoms with Gasteiger partial charge in [-0.2, -0.15) is 0 Å². The SMILES string of the molecule is CC(C)C([O])CC(C)(C)Br. The molecule has 0 heterocycles. The second kappa shape index (κ2) is 3.72. The minimum atomic E-state index is -0.436. The Bertz CT molecular complexity index is 93.9. The van der Waals surface area contributed by atoms with Crippen molar-refractivity contribution >= 4 is 15.9 Å². The van der Waals surface area contributed by atoms with Gasteiger partial charge < -0.3 is 0 Å². The molecule has 0 bridgehead atoms. The molecule has 0 rings (SSSR count). The van der Waals surface area contributed by atoms with Crippen LogP contribution in [0, 0.1) is 5.92 Å². The van der Waals surface area contributed by atoms with Crippen LogP contribution >= 0.6 is 15.9 Å². The summed E-state index contributed by atoms with van der Waals surface area (Å²) in [5.74, 6) is 0.247. The van der Waals surface area contributed by atoms with E-state index < -0.39 is 6.10 Å². The molecular weight excluding hydrogens is 192 g/mol. The Morgan fingerprint density at radius 3 is 1.90 bits per heavy atom. The molecule has 10 heavy (non-hydrogen) atoms. The first-order chi connectivity index (χ1) is 4.33. The lowest BCUT2D eigenvalue weighted by Gasteiger charge is -2.21. The highest BCUT2D eigenvalue weighted by atomic mass is 79.9. The maximum Gasteiger partial charge on any atom is 0.0966 e. The topological polar surface area (TPSA) is 19.9 Å². The molecule has 2 heteroatoms. The Morgan fingerprint density at radius 2 is 1.80 bits per heavy atom. The third kappa shape index (κ3) is 5.24. The summed E-state index contributed by atoms with van der Waals surface area (Å²) in [6.07, 6.45) is 0.263. The summed E-state index contributed by atoms with van der Waals surface area (Å²) in [4.78, 5) is 0. The Hall–Kier alpha value is 0.440. The maximum atomic E-state index is 11.2. The molecule has 0 aromatic carbocycles.